The van der Waals surface area contributed by atoms with Gasteiger partial charge >= 0.3 is 0 Å². The SMILES string of the molecule is O=CNc1ccc2ncccc2n1. The van der Waals surface area contributed by atoms with E-state index in [1.165, 1.54) is 0 Å². The van der Waals surface area contributed by atoms with E-state index in [1.54, 1.807) is 18.3 Å². The van der Waals surface area contributed by atoms with Crippen LogP contribution in [0.1, 0.15) is 0 Å². The van der Waals surface area contributed by atoms with Crippen molar-refractivity contribution in [2.45, 2.75) is 0 Å². The minimum absolute atomic E-state index is 0.538. The quantitative estimate of drug-likeness (QED) is 0.694. The molecule has 0 aliphatic carbocycles. The Labute approximate surface area is 74.6 Å². The van der Waals surface area contributed by atoms with E-state index in [4.69, 9.17) is 0 Å². The third-order valence-electron chi connectivity index (χ3n) is 1.66. The number of nitrogens with zero attached hydrogens (tertiary/aromatic N) is 2. The lowest BCUT2D eigenvalue weighted by Crippen LogP contribution is -1.96. The van der Waals surface area contributed by atoms with Crippen molar-refractivity contribution >= 4 is 23.3 Å². The molecule has 2 aromatic heterocycles. The number of aromatic nitrogens is 2. The molecule has 1 amide bonds. The Hall–Kier alpha value is -1.97. The Kier molecular flexibility index (Phi) is 1.88. The zero-order chi connectivity index (χ0) is 9.10. The lowest BCUT2D eigenvalue weighted by molar-refractivity contribution is -0.105. The third-order valence-corrected chi connectivity index (χ3v) is 1.66. The average Bonchev–Trinajstić information content (AvgIpc) is 2.18. The molecule has 2 heterocycles. The topological polar surface area (TPSA) is 54.9 Å². The molecule has 64 valence electrons. The maximum Gasteiger partial charge on any atom is 0.212 e. The number of hydrogen-bond donors (Lipinski definition) is 1. The fourth-order valence-corrected chi connectivity index (χ4v) is 1.10. The lowest BCUT2D eigenvalue weighted by atomic mass is 10.3. The van der Waals surface area contributed by atoms with Gasteiger partial charge in [0.15, 0.2) is 0 Å². The van der Waals surface area contributed by atoms with Crippen molar-refractivity contribution in [1.29, 1.82) is 0 Å². The van der Waals surface area contributed by atoms with E-state index in [1.807, 2.05) is 12.1 Å². The number of fused-ring (bicyclic) bond motifs is 1. The van der Waals surface area contributed by atoms with Gasteiger partial charge in [0.1, 0.15) is 5.82 Å². The number of amides is 1. The predicted molar refractivity (Wildman–Crippen MR) is 49.2 cm³/mol. The zero-order valence-electron chi connectivity index (χ0n) is 6.77. The van der Waals surface area contributed by atoms with Gasteiger partial charge in [-0.2, -0.15) is 0 Å². The average molecular weight is 173 g/mol. The smallest absolute Gasteiger partial charge is 0.212 e. The Balaban J connectivity index is 2.55. The van der Waals surface area contributed by atoms with Crippen LogP contribution in [0.4, 0.5) is 5.82 Å². The van der Waals surface area contributed by atoms with Gasteiger partial charge in [0.2, 0.25) is 6.41 Å². The summed E-state index contributed by atoms with van der Waals surface area (Å²) in [5.41, 5.74) is 1.59. The molecule has 1 N–H and O–H groups in total. The number of pyridine rings is 2. The third kappa shape index (κ3) is 1.46. The molecule has 0 aliphatic heterocycles. The highest BCUT2D eigenvalue weighted by Crippen LogP contribution is 2.11. The van der Waals surface area contributed by atoms with E-state index in [0.717, 1.165) is 11.0 Å². The second-order valence-electron chi connectivity index (χ2n) is 2.50. The van der Waals surface area contributed by atoms with Crippen molar-refractivity contribution in [3.05, 3.63) is 30.5 Å². The summed E-state index contributed by atoms with van der Waals surface area (Å²) >= 11 is 0. The monoisotopic (exact) mass is 173 g/mol. The Morgan fingerprint density at radius 1 is 1.23 bits per heavy atom. The van der Waals surface area contributed by atoms with Crippen LogP contribution in [0.5, 0.6) is 0 Å². The fraction of sp³-hybridized carbons (Fsp3) is 0. The molecule has 2 aromatic rings. The van der Waals surface area contributed by atoms with Gasteiger partial charge in [-0.05, 0) is 24.3 Å². The number of rotatable bonds is 2. The van der Waals surface area contributed by atoms with E-state index < -0.39 is 0 Å². The normalized spacial score (nSPS) is 9.85. The van der Waals surface area contributed by atoms with E-state index >= 15 is 0 Å². The molecule has 0 radical (unpaired) electrons. The van der Waals surface area contributed by atoms with Gasteiger partial charge in [0.25, 0.3) is 0 Å². The van der Waals surface area contributed by atoms with Crippen LogP contribution < -0.4 is 5.32 Å². The standard InChI is InChI=1S/C9H7N3O/c13-6-11-9-4-3-7-8(12-9)2-1-5-10-7/h1-6H,(H,11,12,13). The van der Waals surface area contributed by atoms with E-state index in [2.05, 4.69) is 15.3 Å². The van der Waals surface area contributed by atoms with Crippen LogP contribution in [-0.4, -0.2) is 16.4 Å². The maximum atomic E-state index is 10.1. The molecule has 2 rings (SSSR count). The highest BCUT2D eigenvalue weighted by molar-refractivity contribution is 5.78. The molecule has 0 atom stereocenters. The number of carbonyl (C=O) groups is 1. The Morgan fingerprint density at radius 2 is 2.15 bits per heavy atom. The van der Waals surface area contributed by atoms with Crippen molar-refractivity contribution in [2.24, 2.45) is 0 Å². The van der Waals surface area contributed by atoms with Crippen LogP contribution in [0.15, 0.2) is 30.5 Å². The highest BCUT2D eigenvalue weighted by atomic mass is 16.1. The van der Waals surface area contributed by atoms with Crippen LogP contribution >= 0.6 is 0 Å². The van der Waals surface area contributed by atoms with Gasteiger partial charge in [-0.3, -0.25) is 9.78 Å². The molecule has 4 nitrogen and oxygen atoms in total. The molecular formula is C9H7N3O. The van der Waals surface area contributed by atoms with Crippen molar-refractivity contribution in [2.75, 3.05) is 5.32 Å². The number of hydrogen-bond acceptors (Lipinski definition) is 3. The highest BCUT2D eigenvalue weighted by Gasteiger charge is 1.96. The number of anilines is 1. The second kappa shape index (κ2) is 3.18. The molecule has 0 fully saturated rings. The summed E-state index contributed by atoms with van der Waals surface area (Å²) in [6.45, 7) is 0. The molecule has 0 saturated heterocycles. The second-order valence-corrected chi connectivity index (χ2v) is 2.50. The van der Waals surface area contributed by atoms with Crippen LogP contribution in [-0.2, 0) is 4.79 Å². The first-order valence-electron chi connectivity index (χ1n) is 3.82. The minimum atomic E-state index is 0.538. The van der Waals surface area contributed by atoms with E-state index in [9.17, 15) is 4.79 Å². The lowest BCUT2D eigenvalue weighted by Gasteiger charge is -1.98. The van der Waals surface area contributed by atoms with E-state index in [0.29, 0.717) is 12.2 Å². The summed E-state index contributed by atoms with van der Waals surface area (Å²) in [5.74, 6) is 0.538. The first-order chi connectivity index (χ1) is 6.40. The molecule has 0 spiro atoms. The fourth-order valence-electron chi connectivity index (χ4n) is 1.10. The van der Waals surface area contributed by atoms with Crippen molar-refractivity contribution < 1.29 is 4.79 Å². The van der Waals surface area contributed by atoms with Gasteiger partial charge < -0.3 is 5.32 Å². The van der Waals surface area contributed by atoms with Crippen LogP contribution in [0.25, 0.3) is 11.0 Å². The largest absolute Gasteiger partial charge is 0.313 e. The summed E-state index contributed by atoms with van der Waals surface area (Å²) in [6.07, 6.45) is 2.31. The molecule has 13 heavy (non-hydrogen) atoms. The van der Waals surface area contributed by atoms with E-state index in [-0.39, 0.29) is 0 Å². The van der Waals surface area contributed by atoms with Gasteiger partial charge in [-0.25, -0.2) is 4.98 Å². The molecule has 0 aliphatic rings. The van der Waals surface area contributed by atoms with Crippen molar-refractivity contribution in [3.8, 4) is 0 Å². The molecule has 0 unspecified atom stereocenters. The Bertz CT molecular complexity index is 442. The Morgan fingerprint density at radius 3 is 3.00 bits per heavy atom. The summed E-state index contributed by atoms with van der Waals surface area (Å²) in [4.78, 5) is 18.4. The zero-order valence-corrected chi connectivity index (χ0v) is 6.77. The molecule has 0 aromatic carbocycles. The summed E-state index contributed by atoms with van der Waals surface area (Å²) < 4.78 is 0. The summed E-state index contributed by atoms with van der Waals surface area (Å²) in [6, 6.07) is 7.18. The summed E-state index contributed by atoms with van der Waals surface area (Å²) in [5, 5.41) is 2.48. The maximum absolute atomic E-state index is 10.1. The van der Waals surface area contributed by atoms with Crippen molar-refractivity contribution in [1.82, 2.24) is 9.97 Å². The molecule has 0 saturated carbocycles. The van der Waals surface area contributed by atoms with Crippen LogP contribution in [0, 0.1) is 0 Å². The van der Waals surface area contributed by atoms with Crippen LogP contribution in [0.3, 0.4) is 0 Å². The minimum Gasteiger partial charge on any atom is -0.313 e. The van der Waals surface area contributed by atoms with Gasteiger partial charge in [-0.15, -0.1) is 0 Å². The first kappa shape index (κ1) is 7.67. The predicted octanol–water partition coefficient (Wildman–Crippen LogP) is 1.20. The number of carbonyl (C=O) groups excluding carboxylic acids is 1. The molecule has 4 heteroatoms. The van der Waals surface area contributed by atoms with Gasteiger partial charge in [0, 0.05) is 6.20 Å². The van der Waals surface area contributed by atoms with Crippen LogP contribution in [0.2, 0.25) is 0 Å². The van der Waals surface area contributed by atoms with Gasteiger partial charge in [-0.1, -0.05) is 0 Å². The molecular weight excluding hydrogens is 166 g/mol. The molecule has 0 bridgehead atoms. The number of nitrogens with one attached hydrogen (secondary N) is 1. The first-order valence-corrected chi connectivity index (χ1v) is 3.82. The summed E-state index contributed by atoms with van der Waals surface area (Å²) in [7, 11) is 0. The van der Waals surface area contributed by atoms with Crippen molar-refractivity contribution in [3.63, 3.8) is 0 Å². The van der Waals surface area contributed by atoms with Gasteiger partial charge in [0.05, 0.1) is 11.0 Å².